The Kier molecular flexibility index (Phi) is 8.01. The number of carbonyl (C=O) groups is 2. The fraction of sp³-hybridized carbons (Fsp3) is 0.179. The normalized spacial score (nSPS) is 11.4. The van der Waals surface area contributed by atoms with Crippen molar-refractivity contribution in [2.75, 3.05) is 17.2 Å². The van der Waals surface area contributed by atoms with Gasteiger partial charge in [-0.05, 0) is 74.0 Å². The van der Waals surface area contributed by atoms with Gasteiger partial charge in [0.1, 0.15) is 0 Å². The lowest BCUT2D eigenvalue weighted by atomic mass is 10.1. The summed E-state index contributed by atoms with van der Waals surface area (Å²) in [5.74, 6) is -1.85. The molecule has 0 radical (unpaired) electrons. The molecule has 186 valence electrons. The van der Waals surface area contributed by atoms with Gasteiger partial charge in [0, 0.05) is 34.0 Å². The van der Waals surface area contributed by atoms with Crippen LogP contribution in [0.1, 0.15) is 31.0 Å². The molecule has 4 aromatic rings. The van der Waals surface area contributed by atoms with Crippen molar-refractivity contribution in [2.45, 2.75) is 36.5 Å². The van der Waals surface area contributed by atoms with Gasteiger partial charge >= 0.3 is 5.97 Å². The molecule has 0 aliphatic heterocycles. The third-order valence-corrected chi connectivity index (χ3v) is 6.46. The first-order chi connectivity index (χ1) is 17.9. The van der Waals surface area contributed by atoms with Crippen LogP contribution < -0.4 is 10.6 Å². The Labute approximate surface area is 219 Å². The lowest BCUT2D eigenvalue weighted by Crippen LogP contribution is -2.15. The number of nitrogens with one attached hydrogen (secondary N) is 2. The largest absolute Gasteiger partial charge is 0.465 e. The van der Waals surface area contributed by atoms with E-state index >= 15 is 0 Å². The molecular weight excluding hydrogens is 486 g/mol. The molecule has 37 heavy (non-hydrogen) atoms. The van der Waals surface area contributed by atoms with Gasteiger partial charge in [-0.25, -0.2) is 9.97 Å². The maximum atomic E-state index is 12.2. The summed E-state index contributed by atoms with van der Waals surface area (Å²) in [6.45, 7) is 5.39. The highest BCUT2D eigenvalue weighted by Gasteiger charge is 2.23. The van der Waals surface area contributed by atoms with Crippen molar-refractivity contribution in [2.24, 2.45) is 0 Å². The van der Waals surface area contributed by atoms with Gasteiger partial charge in [0.05, 0.1) is 29.7 Å². The lowest BCUT2D eigenvalue weighted by molar-refractivity contribution is -0.143. The molecular formula is C28H25N5O3S. The number of fused-ring (bicyclic) bond motifs is 1. The summed E-state index contributed by atoms with van der Waals surface area (Å²) in [6.07, 6.45) is 1.64. The van der Waals surface area contributed by atoms with Gasteiger partial charge < -0.3 is 15.4 Å². The Morgan fingerprint density at radius 2 is 1.86 bits per heavy atom. The highest BCUT2D eigenvalue weighted by Crippen LogP contribution is 2.37. The van der Waals surface area contributed by atoms with Crippen LogP contribution in [0.3, 0.4) is 0 Å². The molecule has 0 aliphatic rings. The van der Waals surface area contributed by atoms with Gasteiger partial charge in [-0.3, -0.25) is 9.59 Å². The number of carbonyl (C=O) groups excluding carboxylic acids is 2. The number of esters is 1. The number of aryl methyl sites for hydroxylation is 1. The predicted molar refractivity (Wildman–Crippen MR) is 144 cm³/mol. The Bertz CT molecular complexity index is 1500. The van der Waals surface area contributed by atoms with Crippen LogP contribution in [0.15, 0.2) is 76.7 Å². The topological polar surface area (TPSA) is 117 Å². The van der Waals surface area contributed by atoms with E-state index in [0.717, 1.165) is 37.8 Å². The molecule has 8 nitrogen and oxygen atoms in total. The van der Waals surface area contributed by atoms with E-state index in [1.165, 1.54) is 6.92 Å². The number of nitriles is 1. The molecule has 1 atom stereocenters. The fourth-order valence-electron chi connectivity index (χ4n) is 3.69. The average molecular weight is 512 g/mol. The van der Waals surface area contributed by atoms with Crippen molar-refractivity contribution < 1.29 is 14.3 Å². The van der Waals surface area contributed by atoms with Crippen LogP contribution in [0.25, 0.3) is 11.0 Å². The van der Waals surface area contributed by atoms with Crippen LogP contribution in [0.2, 0.25) is 0 Å². The Morgan fingerprint density at radius 1 is 1.08 bits per heavy atom. The SMILES string of the molecule is CCOC(=O)C(C#N)c1ccc2c(Nc3cc(C)ccc3Sc3ccc(NC(C)=O)cc3)ccnc2n1. The number of amides is 1. The smallest absolute Gasteiger partial charge is 0.329 e. The van der Waals surface area contributed by atoms with E-state index in [1.54, 1.807) is 37.0 Å². The number of benzene rings is 2. The minimum absolute atomic E-state index is 0.111. The average Bonchev–Trinajstić information content (AvgIpc) is 2.87. The van der Waals surface area contributed by atoms with Gasteiger partial charge in [-0.15, -0.1) is 0 Å². The molecule has 0 saturated heterocycles. The summed E-state index contributed by atoms with van der Waals surface area (Å²) >= 11 is 1.60. The van der Waals surface area contributed by atoms with Crippen LogP contribution in [0, 0.1) is 18.3 Å². The monoisotopic (exact) mass is 511 g/mol. The maximum absolute atomic E-state index is 12.2. The van der Waals surface area contributed by atoms with Crippen LogP contribution in [-0.4, -0.2) is 28.5 Å². The van der Waals surface area contributed by atoms with E-state index in [1.807, 2.05) is 43.3 Å². The summed E-state index contributed by atoms with van der Waals surface area (Å²) < 4.78 is 5.01. The Balaban J connectivity index is 1.63. The maximum Gasteiger partial charge on any atom is 0.329 e. The number of hydrogen-bond acceptors (Lipinski definition) is 8. The molecule has 9 heteroatoms. The lowest BCUT2D eigenvalue weighted by Gasteiger charge is -2.15. The Morgan fingerprint density at radius 3 is 2.57 bits per heavy atom. The molecule has 1 amide bonds. The third-order valence-electron chi connectivity index (χ3n) is 5.38. The molecule has 0 bridgehead atoms. The summed E-state index contributed by atoms with van der Waals surface area (Å²) in [4.78, 5) is 34.3. The van der Waals surface area contributed by atoms with Gasteiger partial charge in [-0.1, -0.05) is 17.8 Å². The quantitative estimate of drug-likeness (QED) is 0.278. The molecule has 2 aromatic heterocycles. The molecule has 1 unspecified atom stereocenters. The van der Waals surface area contributed by atoms with Crippen molar-refractivity contribution in [1.29, 1.82) is 5.26 Å². The van der Waals surface area contributed by atoms with Crippen molar-refractivity contribution in [1.82, 2.24) is 9.97 Å². The number of anilines is 3. The standard InChI is InChI=1S/C28H25N5O3S/c1-4-36-28(35)22(16-29)23-11-10-21-24(13-14-30-27(21)33-23)32-25-15-17(2)5-12-26(25)37-20-8-6-19(7-9-20)31-18(3)34/h5-15,22H,4H2,1-3H3,(H,31,34)(H,30,32,33). The van der Waals surface area contributed by atoms with Crippen LogP contribution in [0.4, 0.5) is 17.1 Å². The second kappa shape index (κ2) is 11.5. The number of rotatable bonds is 8. The van der Waals surface area contributed by atoms with E-state index in [2.05, 4.69) is 38.8 Å². The van der Waals surface area contributed by atoms with Crippen molar-refractivity contribution in [3.63, 3.8) is 0 Å². The van der Waals surface area contributed by atoms with Gasteiger partial charge in [-0.2, -0.15) is 5.26 Å². The molecule has 4 rings (SSSR count). The summed E-state index contributed by atoms with van der Waals surface area (Å²) in [7, 11) is 0. The van der Waals surface area contributed by atoms with Gasteiger partial charge in [0.15, 0.2) is 11.6 Å². The molecule has 0 spiro atoms. The van der Waals surface area contributed by atoms with Crippen molar-refractivity contribution in [3.8, 4) is 6.07 Å². The minimum Gasteiger partial charge on any atom is -0.465 e. The van der Waals surface area contributed by atoms with Crippen LogP contribution in [0.5, 0.6) is 0 Å². The summed E-state index contributed by atoms with van der Waals surface area (Å²) in [5.41, 5.74) is 4.26. The van der Waals surface area contributed by atoms with Crippen LogP contribution >= 0.6 is 11.8 Å². The number of ether oxygens (including phenoxy) is 1. The van der Waals surface area contributed by atoms with E-state index < -0.39 is 11.9 Å². The molecule has 2 heterocycles. The second-order valence-corrected chi connectivity index (χ2v) is 9.33. The summed E-state index contributed by atoms with van der Waals surface area (Å²) in [6, 6.07) is 21.1. The zero-order chi connectivity index (χ0) is 26.4. The molecule has 0 fully saturated rings. The van der Waals surface area contributed by atoms with E-state index in [0.29, 0.717) is 11.3 Å². The zero-order valence-corrected chi connectivity index (χ0v) is 21.4. The number of pyridine rings is 2. The van der Waals surface area contributed by atoms with E-state index in [9.17, 15) is 14.9 Å². The number of hydrogen-bond donors (Lipinski definition) is 2. The summed E-state index contributed by atoms with van der Waals surface area (Å²) in [5, 5.41) is 16.5. The number of aromatic nitrogens is 2. The molecule has 0 aliphatic carbocycles. The van der Waals surface area contributed by atoms with Crippen molar-refractivity contribution >= 4 is 51.7 Å². The van der Waals surface area contributed by atoms with Crippen LogP contribution in [-0.2, 0) is 14.3 Å². The molecule has 2 aromatic carbocycles. The number of nitrogens with zero attached hydrogens (tertiary/aromatic N) is 3. The van der Waals surface area contributed by atoms with Gasteiger partial charge in [0.2, 0.25) is 5.91 Å². The van der Waals surface area contributed by atoms with E-state index in [4.69, 9.17) is 4.74 Å². The van der Waals surface area contributed by atoms with E-state index in [-0.39, 0.29) is 12.5 Å². The fourth-order valence-corrected chi connectivity index (χ4v) is 4.57. The second-order valence-electron chi connectivity index (χ2n) is 8.21. The van der Waals surface area contributed by atoms with Crippen molar-refractivity contribution in [3.05, 3.63) is 78.1 Å². The minimum atomic E-state index is -1.11. The predicted octanol–water partition coefficient (Wildman–Crippen LogP) is 5.96. The molecule has 2 N–H and O–H groups in total. The first kappa shape index (κ1) is 25.7. The third kappa shape index (κ3) is 6.23. The molecule has 0 saturated carbocycles. The Hall–Kier alpha value is -4.42. The highest BCUT2D eigenvalue weighted by atomic mass is 32.2. The highest BCUT2D eigenvalue weighted by molar-refractivity contribution is 7.99. The first-order valence-corrected chi connectivity index (χ1v) is 12.4. The first-order valence-electron chi connectivity index (χ1n) is 11.6. The van der Waals surface area contributed by atoms with Gasteiger partial charge in [0.25, 0.3) is 0 Å². The zero-order valence-electron chi connectivity index (χ0n) is 20.6.